The molecular formula is C25H26F3N5O3S. The van der Waals surface area contributed by atoms with Crippen molar-refractivity contribution in [3.05, 3.63) is 64.1 Å². The molecule has 0 spiro atoms. The molecular weight excluding hydrogens is 507 g/mol. The predicted octanol–water partition coefficient (Wildman–Crippen LogP) is 5.95. The number of ether oxygens (including phenoxy) is 1. The lowest BCUT2D eigenvalue weighted by molar-refractivity contribution is -0.142. The summed E-state index contributed by atoms with van der Waals surface area (Å²) in [5.41, 5.74) is 0.0331. The molecule has 1 amide bonds. The number of anilines is 1. The molecule has 2 N–H and O–H groups in total. The van der Waals surface area contributed by atoms with Crippen LogP contribution in [0, 0.1) is 25.6 Å². The minimum Gasteiger partial charge on any atom is -0.435 e. The maximum atomic E-state index is 13.6. The van der Waals surface area contributed by atoms with Crippen molar-refractivity contribution in [2.45, 2.75) is 57.0 Å². The monoisotopic (exact) mass is 533 g/mol. The summed E-state index contributed by atoms with van der Waals surface area (Å²) in [7, 11) is -3.08. The quantitative estimate of drug-likeness (QED) is 0.404. The highest BCUT2D eigenvalue weighted by Crippen LogP contribution is 2.48. The highest BCUT2D eigenvalue weighted by atomic mass is 32.2. The van der Waals surface area contributed by atoms with Gasteiger partial charge < -0.3 is 10.1 Å². The lowest BCUT2D eigenvalue weighted by Crippen LogP contribution is -2.21. The fraction of sp³-hybridized carbons (Fsp3) is 0.360. The molecule has 0 aliphatic heterocycles. The van der Waals surface area contributed by atoms with E-state index in [0.717, 1.165) is 25.5 Å². The Morgan fingerprint density at radius 3 is 2.41 bits per heavy atom. The lowest BCUT2D eigenvalue weighted by atomic mass is 10.0. The van der Waals surface area contributed by atoms with E-state index < -0.39 is 44.5 Å². The second-order valence-electron chi connectivity index (χ2n) is 9.58. The second kappa shape index (κ2) is 9.09. The Morgan fingerprint density at radius 2 is 1.84 bits per heavy atom. The molecule has 1 saturated carbocycles. The molecule has 1 fully saturated rings. The van der Waals surface area contributed by atoms with E-state index in [1.165, 1.54) is 30.5 Å². The fourth-order valence-electron chi connectivity index (χ4n) is 3.94. The van der Waals surface area contributed by atoms with E-state index in [0.29, 0.717) is 11.3 Å². The zero-order valence-corrected chi connectivity index (χ0v) is 21.7. The number of hydrogen-bond donors (Lipinski definition) is 2. The molecule has 37 heavy (non-hydrogen) atoms. The average Bonchev–Trinajstić information content (AvgIpc) is 3.53. The van der Waals surface area contributed by atoms with Crippen LogP contribution < -0.4 is 10.1 Å². The van der Waals surface area contributed by atoms with Crippen molar-refractivity contribution in [3.63, 3.8) is 0 Å². The molecule has 196 valence electrons. The van der Waals surface area contributed by atoms with Crippen molar-refractivity contribution in [1.29, 1.82) is 4.78 Å². The van der Waals surface area contributed by atoms with Gasteiger partial charge in [-0.15, -0.1) is 10.2 Å². The SMILES string of the molecule is Cc1cc(C2(C)CC2)nc(C)c1Oc1nnc(C(F)(F)F)c(C)c1C(=O)Nc1cccc(S(C)(=N)=O)c1. The number of nitrogens with zero attached hydrogens (tertiary/aromatic N) is 3. The average molecular weight is 534 g/mol. The number of amides is 1. The number of benzene rings is 1. The van der Waals surface area contributed by atoms with Gasteiger partial charge in [-0.2, -0.15) is 13.2 Å². The Kier molecular flexibility index (Phi) is 6.51. The van der Waals surface area contributed by atoms with Crippen LogP contribution in [0.15, 0.2) is 35.2 Å². The van der Waals surface area contributed by atoms with Gasteiger partial charge in [0.15, 0.2) is 11.4 Å². The molecule has 1 unspecified atom stereocenters. The van der Waals surface area contributed by atoms with Crippen LogP contribution in [0.1, 0.15) is 58.3 Å². The highest BCUT2D eigenvalue weighted by Gasteiger charge is 2.41. The van der Waals surface area contributed by atoms with Gasteiger partial charge in [-0.05, 0) is 69.0 Å². The first-order chi connectivity index (χ1) is 17.1. The summed E-state index contributed by atoms with van der Waals surface area (Å²) in [5, 5.41) is 9.44. The number of hydrogen-bond acceptors (Lipinski definition) is 7. The van der Waals surface area contributed by atoms with Crippen LogP contribution in [-0.4, -0.2) is 31.6 Å². The van der Waals surface area contributed by atoms with E-state index >= 15 is 0 Å². The third-order valence-electron chi connectivity index (χ3n) is 6.37. The van der Waals surface area contributed by atoms with E-state index in [1.54, 1.807) is 13.8 Å². The lowest BCUT2D eigenvalue weighted by Gasteiger charge is -2.18. The third kappa shape index (κ3) is 5.43. The Hall–Kier alpha value is -3.54. The van der Waals surface area contributed by atoms with E-state index in [4.69, 9.17) is 9.52 Å². The van der Waals surface area contributed by atoms with Gasteiger partial charge in [-0.1, -0.05) is 13.0 Å². The van der Waals surface area contributed by atoms with Crippen LogP contribution in [0.2, 0.25) is 0 Å². The van der Waals surface area contributed by atoms with E-state index in [2.05, 4.69) is 27.4 Å². The van der Waals surface area contributed by atoms with Gasteiger partial charge in [0.25, 0.3) is 11.8 Å². The van der Waals surface area contributed by atoms with Gasteiger partial charge in [0.05, 0.1) is 15.4 Å². The van der Waals surface area contributed by atoms with Gasteiger partial charge in [0.1, 0.15) is 5.56 Å². The summed E-state index contributed by atoms with van der Waals surface area (Å²) >= 11 is 0. The highest BCUT2D eigenvalue weighted by molar-refractivity contribution is 7.91. The van der Waals surface area contributed by atoms with E-state index in [9.17, 15) is 22.2 Å². The topological polar surface area (TPSA) is 118 Å². The minimum absolute atomic E-state index is 0.000682. The number of carbonyl (C=O) groups is 1. The first-order valence-electron chi connectivity index (χ1n) is 11.4. The van der Waals surface area contributed by atoms with Crippen molar-refractivity contribution in [3.8, 4) is 11.6 Å². The Balaban J connectivity index is 1.77. The van der Waals surface area contributed by atoms with Crippen molar-refractivity contribution < 1.29 is 26.9 Å². The largest absolute Gasteiger partial charge is 0.435 e. The number of rotatable bonds is 6. The normalized spacial score (nSPS) is 16.1. The molecule has 0 bridgehead atoms. The van der Waals surface area contributed by atoms with Crippen LogP contribution in [-0.2, 0) is 21.3 Å². The molecule has 2 aromatic heterocycles. The van der Waals surface area contributed by atoms with Gasteiger partial charge in [0.2, 0.25) is 0 Å². The molecule has 1 aliphatic carbocycles. The summed E-state index contributed by atoms with van der Waals surface area (Å²) in [5.74, 6) is -1.06. The number of aryl methyl sites for hydroxylation is 2. The van der Waals surface area contributed by atoms with Crippen molar-refractivity contribution >= 4 is 21.3 Å². The van der Waals surface area contributed by atoms with E-state index in [-0.39, 0.29) is 21.7 Å². The second-order valence-corrected chi connectivity index (χ2v) is 11.7. The summed E-state index contributed by atoms with van der Waals surface area (Å²) in [4.78, 5) is 18.1. The molecule has 2 heterocycles. The van der Waals surface area contributed by atoms with Crippen LogP contribution in [0.3, 0.4) is 0 Å². The summed E-state index contributed by atoms with van der Waals surface area (Å²) in [6, 6.07) is 7.62. The Bertz CT molecular complexity index is 1490. The molecule has 8 nitrogen and oxygen atoms in total. The Labute approximate surface area is 212 Å². The minimum atomic E-state index is -4.85. The third-order valence-corrected chi connectivity index (χ3v) is 7.52. The fourth-order valence-corrected chi connectivity index (χ4v) is 4.63. The van der Waals surface area contributed by atoms with E-state index in [1.807, 2.05) is 6.07 Å². The number of carbonyl (C=O) groups excluding carboxylic acids is 1. The molecule has 1 aliphatic rings. The van der Waals surface area contributed by atoms with Crippen molar-refractivity contribution in [2.24, 2.45) is 0 Å². The smallest absolute Gasteiger partial charge is 0.435 e. The first-order valence-corrected chi connectivity index (χ1v) is 13.3. The van der Waals surface area contributed by atoms with Gasteiger partial charge in [-0.3, -0.25) is 9.78 Å². The van der Waals surface area contributed by atoms with Crippen molar-refractivity contribution in [1.82, 2.24) is 15.2 Å². The van der Waals surface area contributed by atoms with Crippen molar-refractivity contribution in [2.75, 3.05) is 11.6 Å². The predicted molar refractivity (Wildman–Crippen MR) is 132 cm³/mol. The summed E-state index contributed by atoms with van der Waals surface area (Å²) in [6.07, 6.45) is -1.60. The zero-order chi connectivity index (χ0) is 27.3. The molecule has 0 radical (unpaired) electrons. The molecule has 12 heteroatoms. The van der Waals surface area contributed by atoms with Gasteiger partial charge in [-0.25, -0.2) is 8.99 Å². The molecule has 1 aromatic carbocycles. The first kappa shape index (κ1) is 26.5. The number of aromatic nitrogens is 3. The van der Waals surface area contributed by atoms with Crippen LogP contribution >= 0.6 is 0 Å². The van der Waals surface area contributed by atoms with Crippen LogP contribution in [0.4, 0.5) is 18.9 Å². The maximum Gasteiger partial charge on any atom is 0.435 e. The number of alkyl halides is 3. The van der Waals surface area contributed by atoms with Gasteiger partial charge >= 0.3 is 6.18 Å². The molecule has 4 rings (SSSR count). The number of pyridine rings is 1. The van der Waals surface area contributed by atoms with Crippen LogP contribution in [0.5, 0.6) is 11.6 Å². The number of halogens is 3. The maximum absolute atomic E-state index is 13.6. The summed E-state index contributed by atoms with van der Waals surface area (Å²) in [6.45, 7) is 6.73. The summed E-state index contributed by atoms with van der Waals surface area (Å²) < 4.78 is 66.6. The van der Waals surface area contributed by atoms with Crippen LogP contribution in [0.25, 0.3) is 0 Å². The Morgan fingerprint density at radius 1 is 1.16 bits per heavy atom. The molecule has 0 saturated heterocycles. The molecule has 1 atom stereocenters. The standard InChI is InChI=1S/C25H26F3N5O3S/c1-13-11-18(24(4)9-10-24)30-15(3)20(13)36-23-19(14(2)21(32-33-23)25(26,27)28)22(34)31-16-7-6-8-17(12-16)37(5,29)35/h6-8,11-12,29H,9-10H2,1-5H3,(H,31,34). The zero-order valence-electron chi connectivity index (χ0n) is 20.9. The van der Waals surface area contributed by atoms with Gasteiger partial charge in [0, 0.05) is 27.9 Å². The molecule has 3 aromatic rings. The number of nitrogens with one attached hydrogen (secondary N) is 2.